The summed E-state index contributed by atoms with van der Waals surface area (Å²) in [7, 11) is 0. The second-order valence-corrected chi connectivity index (χ2v) is 5.77. The highest BCUT2D eigenvalue weighted by molar-refractivity contribution is 6.18. The highest BCUT2D eigenvalue weighted by Crippen LogP contribution is 2.29. The van der Waals surface area contributed by atoms with Gasteiger partial charge in [0.2, 0.25) is 11.8 Å². The molecule has 3 amide bonds. The fourth-order valence-electron chi connectivity index (χ4n) is 2.88. The Morgan fingerprint density at radius 3 is 2.86 bits per heavy atom. The van der Waals surface area contributed by atoms with E-state index >= 15 is 0 Å². The molecule has 2 N–H and O–H groups in total. The van der Waals surface area contributed by atoms with E-state index in [4.69, 9.17) is 11.6 Å². The highest BCUT2D eigenvalue weighted by atomic mass is 35.5. The Morgan fingerprint density at radius 1 is 1.32 bits per heavy atom. The number of halogens is 1. The third-order valence-corrected chi connectivity index (χ3v) is 4.14. The Balaban J connectivity index is 1.78. The molecule has 7 heteroatoms. The zero-order chi connectivity index (χ0) is 15.7. The average Bonchev–Trinajstić information content (AvgIpc) is 2.82. The largest absolute Gasteiger partial charge is 0.384 e. The molecule has 1 fully saturated rings. The Morgan fingerprint density at radius 2 is 2.14 bits per heavy atom. The number of imide groups is 1. The molecule has 1 saturated heterocycles. The smallest absolute Gasteiger partial charge is 0.255 e. The van der Waals surface area contributed by atoms with E-state index in [0.717, 1.165) is 11.3 Å². The summed E-state index contributed by atoms with van der Waals surface area (Å²) in [6, 6.07) is 4.93. The molecule has 2 aliphatic heterocycles. The second kappa shape index (κ2) is 5.96. The molecule has 0 aromatic heterocycles. The van der Waals surface area contributed by atoms with Gasteiger partial charge < -0.3 is 10.2 Å². The number of carbonyl (C=O) groups is 3. The van der Waals surface area contributed by atoms with E-state index in [2.05, 4.69) is 10.6 Å². The van der Waals surface area contributed by atoms with Gasteiger partial charge in [-0.15, -0.1) is 11.6 Å². The van der Waals surface area contributed by atoms with Crippen LogP contribution in [0.25, 0.3) is 0 Å². The fraction of sp³-hybridized carbons (Fsp3) is 0.400. The van der Waals surface area contributed by atoms with Crippen molar-refractivity contribution < 1.29 is 14.4 Å². The quantitative estimate of drug-likeness (QED) is 0.643. The van der Waals surface area contributed by atoms with Gasteiger partial charge in [-0.05, 0) is 30.2 Å². The molecule has 1 aromatic rings. The van der Waals surface area contributed by atoms with Crippen molar-refractivity contribution in [1.29, 1.82) is 0 Å². The predicted molar refractivity (Wildman–Crippen MR) is 81.7 cm³/mol. The fourth-order valence-corrected chi connectivity index (χ4v) is 2.97. The zero-order valence-corrected chi connectivity index (χ0v) is 12.7. The number of fused-ring (bicyclic) bond motifs is 1. The SMILES string of the molecule is O=C1CCC(N2Cc3cc(NCCCl)ccc3C2=O)C(=O)N1. The van der Waals surface area contributed by atoms with Crippen LogP contribution in [-0.2, 0) is 16.1 Å². The molecule has 0 bridgehead atoms. The van der Waals surface area contributed by atoms with Crippen molar-refractivity contribution in [2.24, 2.45) is 0 Å². The minimum absolute atomic E-state index is 0.159. The first-order valence-electron chi connectivity index (χ1n) is 7.17. The number of rotatable bonds is 4. The van der Waals surface area contributed by atoms with Gasteiger partial charge in [0.05, 0.1) is 0 Å². The Bertz CT molecular complexity index is 647. The number of nitrogens with zero attached hydrogens (tertiary/aromatic N) is 1. The van der Waals surface area contributed by atoms with Crippen molar-refractivity contribution in [3.8, 4) is 0 Å². The lowest BCUT2D eigenvalue weighted by Crippen LogP contribution is -2.52. The number of benzene rings is 1. The molecule has 0 radical (unpaired) electrons. The number of hydrogen-bond acceptors (Lipinski definition) is 4. The van der Waals surface area contributed by atoms with E-state index in [1.807, 2.05) is 12.1 Å². The normalized spacial score (nSPS) is 20.9. The van der Waals surface area contributed by atoms with Gasteiger partial charge in [-0.25, -0.2) is 0 Å². The lowest BCUT2D eigenvalue weighted by atomic mass is 10.0. The molecule has 2 heterocycles. The monoisotopic (exact) mass is 321 g/mol. The Hall–Kier alpha value is -2.08. The van der Waals surface area contributed by atoms with Crippen LogP contribution in [0, 0.1) is 0 Å². The van der Waals surface area contributed by atoms with Gasteiger partial charge in [0, 0.05) is 36.6 Å². The van der Waals surface area contributed by atoms with E-state index in [-0.39, 0.29) is 18.2 Å². The number of amides is 3. The predicted octanol–water partition coefficient (Wildman–Crippen LogP) is 1.10. The van der Waals surface area contributed by atoms with Crippen molar-refractivity contribution in [2.45, 2.75) is 25.4 Å². The molecule has 0 spiro atoms. The number of carbonyl (C=O) groups excluding carboxylic acids is 3. The van der Waals surface area contributed by atoms with Crippen LogP contribution in [0.15, 0.2) is 18.2 Å². The third kappa shape index (κ3) is 2.66. The van der Waals surface area contributed by atoms with E-state index in [1.54, 1.807) is 6.07 Å². The molecular weight excluding hydrogens is 306 g/mol. The lowest BCUT2D eigenvalue weighted by molar-refractivity contribution is -0.136. The summed E-state index contributed by atoms with van der Waals surface area (Å²) in [5.41, 5.74) is 2.40. The highest BCUT2D eigenvalue weighted by Gasteiger charge is 2.38. The van der Waals surface area contributed by atoms with E-state index in [0.29, 0.717) is 31.0 Å². The molecule has 22 heavy (non-hydrogen) atoms. The van der Waals surface area contributed by atoms with Crippen LogP contribution in [0.2, 0.25) is 0 Å². The minimum Gasteiger partial charge on any atom is -0.384 e. The summed E-state index contributed by atoms with van der Waals surface area (Å²) in [5.74, 6) is -0.331. The van der Waals surface area contributed by atoms with Gasteiger partial charge >= 0.3 is 0 Å². The first-order chi connectivity index (χ1) is 10.6. The van der Waals surface area contributed by atoms with Crippen molar-refractivity contribution in [1.82, 2.24) is 10.2 Å². The molecule has 1 unspecified atom stereocenters. The van der Waals surface area contributed by atoms with E-state index in [1.165, 1.54) is 4.90 Å². The maximum absolute atomic E-state index is 12.5. The summed E-state index contributed by atoms with van der Waals surface area (Å²) < 4.78 is 0. The van der Waals surface area contributed by atoms with Crippen molar-refractivity contribution >= 4 is 35.0 Å². The second-order valence-electron chi connectivity index (χ2n) is 5.39. The number of anilines is 1. The van der Waals surface area contributed by atoms with E-state index < -0.39 is 11.9 Å². The molecule has 2 aliphatic rings. The molecule has 116 valence electrons. The molecule has 1 aromatic carbocycles. The summed E-state index contributed by atoms with van der Waals surface area (Å²) in [4.78, 5) is 37.2. The molecule has 6 nitrogen and oxygen atoms in total. The van der Waals surface area contributed by atoms with Crippen molar-refractivity contribution in [2.75, 3.05) is 17.7 Å². The average molecular weight is 322 g/mol. The minimum atomic E-state index is -0.572. The maximum Gasteiger partial charge on any atom is 0.255 e. The first kappa shape index (κ1) is 14.8. The number of hydrogen-bond donors (Lipinski definition) is 2. The van der Waals surface area contributed by atoms with Crippen LogP contribution in [0.3, 0.4) is 0 Å². The topological polar surface area (TPSA) is 78.5 Å². The zero-order valence-electron chi connectivity index (χ0n) is 11.9. The maximum atomic E-state index is 12.5. The van der Waals surface area contributed by atoms with Crippen LogP contribution in [0.5, 0.6) is 0 Å². The van der Waals surface area contributed by atoms with Crippen LogP contribution in [0.4, 0.5) is 5.69 Å². The Labute approximate surface area is 132 Å². The summed E-state index contributed by atoms with van der Waals surface area (Å²) in [6.45, 7) is 1.03. The third-order valence-electron chi connectivity index (χ3n) is 3.95. The Kier molecular flexibility index (Phi) is 4.02. The van der Waals surface area contributed by atoms with Gasteiger partial charge in [-0.3, -0.25) is 19.7 Å². The van der Waals surface area contributed by atoms with Gasteiger partial charge in [0.25, 0.3) is 5.91 Å². The molecule has 0 aliphatic carbocycles. The molecule has 3 rings (SSSR count). The van der Waals surface area contributed by atoms with Crippen LogP contribution < -0.4 is 10.6 Å². The first-order valence-corrected chi connectivity index (χ1v) is 7.71. The number of nitrogens with one attached hydrogen (secondary N) is 2. The standard InChI is InChI=1S/C15H16ClN3O3/c16-5-6-17-10-1-2-11-9(7-10)8-19(15(11)22)12-3-4-13(20)18-14(12)21/h1-2,7,12,17H,3-6,8H2,(H,18,20,21). The van der Waals surface area contributed by atoms with Crippen LogP contribution in [-0.4, -0.2) is 41.1 Å². The number of piperidine rings is 1. The van der Waals surface area contributed by atoms with E-state index in [9.17, 15) is 14.4 Å². The molecule has 1 atom stereocenters. The number of alkyl halides is 1. The summed E-state index contributed by atoms with van der Waals surface area (Å²) in [5, 5.41) is 5.46. The van der Waals surface area contributed by atoms with Gasteiger partial charge in [-0.1, -0.05) is 0 Å². The van der Waals surface area contributed by atoms with Gasteiger partial charge in [0.15, 0.2) is 0 Å². The summed E-state index contributed by atoms with van der Waals surface area (Å²) in [6.07, 6.45) is 0.640. The molecular formula is C15H16ClN3O3. The van der Waals surface area contributed by atoms with Gasteiger partial charge in [0.1, 0.15) is 6.04 Å². The molecule has 0 saturated carbocycles. The summed E-state index contributed by atoms with van der Waals surface area (Å²) >= 11 is 5.65. The van der Waals surface area contributed by atoms with Crippen LogP contribution in [0.1, 0.15) is 28.8 Å². The van der Waals surface area contributed by atoms with Crippen LogP contribution >= 0.6 is 11.6 Å². The van der Waals surface area contributed by atoms with Gasteiger partial charge in [-0.2, -0.15) is 0 Å². The van der Waals surface area contributed by atoms with Crippen molar-refractivity contribution in [3.63, 3.8) is 0 Å². The lowest BCUT2D eigenvalue weighted by Gasteiger charge is -2.29. The van der Waals surface area contributed by atoms with Crippen molar-refractivity contribution in [3.05, 3.63) is 29.3 Å².